The molecule has 0 saturated carbocycles. The van der Waals surface area contributed by atoms with Crippen molar-refractivity contribution >= 4 is 5.91 Å². The van der Waals surface area contributed by atoms with Gasteiger partial charge in [0.1, 0.15) is 11.9 Å². The fraction of sp³-hybridized carbons (Fsp3) is 0.684. The summed E-state index contributed by atoms with van der Waals surface area (Å²) in [5.74, 6) is 1.02. The minimum Gasteiger partial charge on any atom is -0.489 e. The molecule has 2 unspecified atom stereocenters. The predicted octanol–water partition coefficient (Wildman–Crippen LogP) is 0.580. The van der Waals surface area contributed by atoms with Gasteiger partial charge in [-0.1, -0.05) is 0 Å². The van der Waals surface area contributed by atoms with E-state index < -0.39 is 6.10 Å². The maximum absolute atomic E-state index is 11.7. The fourth-order valence-electron chi connectivity index (χ4n) is 3.70. The van der Waals surface area contributed by atoms with Gasteiger partial charge in [0.2, 0.25) is 5.91 Å². The molecule has 0 aromatic carbocycles. The Labute approximate surface area is 155 Å². The number of carbonyl (C=O) groups excluding carboxylic acids is 1. The van der Waals surface area contributed by atoms with Crippen molar-refractivity contribution < 1.29 is 14.6 Å². The highest BCUT2D eigenvalue weighted by atomic mass is 16.5. The topological polar surface area (TPSA) is 69.1 Å². The maximum Gasteiger partial charge on any atom is 0.222 e. The van der Waals surface area contributed by atoms with Crippen LogP contribution in [0, 0.1) is 0 Å². The zero-order valence-corrected chi connectivity index (χ0v) is 15.8. The van der Waals surface area contributed by atoms with Crippen LogP contribution in [-0.4, -0.2) is 89.7 Å². The number of amides is 1. The van der Waals surface area contributed by atoms with Crippen LogP contribution in [0.1, 0.15) is 25.0 Å². The molecule has 1 aromatic rings. The third kappa shape index (κ3) is 5.40. The van der Waals surface area contributed by atoms with Crippen LogP contribution in [0.15, 0.2) is 18.3 Å². The second-order valence-electron chi connectivity index (χ2n) is 7.61. The predicted molar refractivity (Wildman–Crippen MR) is 98.9 cm³/mol. The van der Waals surface area contributed by atoms with Crippen LogP contribution in [0.25, 0.3) is 0 Å². The first-order valence-corrected chi connectivity index (χ1v) is 9.44. The summed E-state index contributed by atoms with van der Waals surface area (Å²) in [6, 6.07) is 3.89. The van der Waals surface area contributed by atoms with Crippen molar-refractivity contribution in [3.63, 3.8) is 0 Å². The minimum absolute atomic E-state index is 0.130. The summed E-state index contributed by atoms with van der Waals surface area (Å²) in [7, 11) is 4.04. The van der Waals surface area contributed by atoms with Crippen molar-refractivity contribution in [1.82, 2.24) is 19.7 Å². The quantitative estimate of drug-likeness (QED) is 0.730. The Kier molecular flexibility index (Phi) is 6.45. The van der Waals surface area contributed by atoms with Gasteiger partial charge in [-0.3, -0.25) is 14.7 Å². The summed E-state index contributed by atoms with van der Waals surface area (Å²) in [5, 5.41) is 10.3. The Morgan fingerprint density at radius 3 is 2.96 bits per heavy atom. The molecule has 3 rings (SSSR count). The van der Waals surface area contributed by atoms with E-state index in [1.165, 1.54) is 0 Å². The number of carbonyl (C=O) groups is 1. The lowest BCUT2D eigenvalue weighted by atomic mass is 10.3. The molecule has 0 radical (unpaired) electrons. The van der Waals surface area contributed by atoms with Crippen molar-refractivity contribution in [2.24, 2.45) is 0 Å². The zero-order valence-electron chi connectivity index (χ0n) is 15.8. The zero-order chi connectivity index (χ0) is 18.5. The largest absolute Gasteiger partial charge is 0.489 e. The molecule has 7 nitrogen and oxygen atoms in total. The summed E-state index contributed by atoms with van der Waals surface area (Å²) >= 11 is 0. The Morgan fingerprint density at radius 1 is 1.38 bits per heavy atom. The van der Waals surface area contributed by atoms with Gasteiger partial charge in [0, 0.05) is 58.0 Å². The molecule has 2 fully saturated rings. The minimum atomic E-state index is -0.497. The van der Waals surface area contributed by atoms with Gasteiger partial charge in [0.25, 0.3) is 0 Å². The van der Waals surface area contributed by atoms with Gasteiger partial charge in [-0.25, -0.2) is 0 Å². The third-order valence-electron chi connectivity index (χ3n) is 4.87. The van der Waals surface area contributed by atoms with Gasteiger partial charge in [0.15, 0.2) is 0 Å². The summed E-state index contributed by atoms with van der Waals surface area (Å²) in [5.41, 5.74) is 0.994. The normalized spacial score (nSPS) is 22.4. The first-order valence-electron chi connectivity index (χ1n) is 9.44. The van der Waals surface area contributed by atoms with E-state index in [9.17, 15) is 9.90 Å². The van der Waals surface area contributed by atoms with Crippen molar-refractivity contribution in [2.75, 3.05) is 46.8 Å². The Hall–Kier alpha value is -1.70. The molecule has 1 aromatic heterocycles. The van der Waals surface area contributed by atoms with Gasteiger partial charge in [-0.2, -0.15) is 0 Å². The molecular formula is C19H30N4O3. The second kappa shape index (κ2) is 8.79. The van der Waals surface area contributed by atoms with Gasteiger partial charge >= 0.3 is 0 Å². The van der Waals surface area contributed by atoms with E-state index in [0.717, 1.165) is 50.5 Å². The fourth-order valence-corrected chi connectivity index (χ4v) is 3.70. The molecule has 144 valence electrons. The average molecular weight is 362 g/mol. The molecular weight excluding hydrogens is 332 g/mol. The first kappa shape index (κ1) is 19.1. The molecule has 1 N–H and O–H groups in total. The maximum atomic E-state index is 11.7. The monoisotopic (exact) mass is 362 g/mol. The second-order valence-corrected chi connectivity index (χ2v) is 7.61. The van der Waals surface area contributed by atoms with Crippen LogP contribution in [0.4, 0.5) is 0 Å². The van der Waals surface area contributed by atoms with E-state index in [4.69, 9.17) is 4.74 Å². The Morgan fingerprint density at radius 2 is 2.23 bits per heavy atom. The van der Waals surface area contributed by atoms with Crippen LogP contribution >= 0.6 is 0 Å². The van der Waals surface area contributed by atoms with E-state index in [-0.39, 0.29) is 12.0 Å². The third-order valence-corrected chi connectivity index (χ3v) is 4.87. The van der Waals surface area contributed by atoms with Crippen molar-refractivity contribution in [2.45, 2.75) is 38.0 Å². The summed E-state index contributed by atoms with van der Waals surface area (Å²) in [4.78, 5) is 22.1. The van der Waals surface area contributed by atoms with Crippen LogP contribution in [-0.2, 0) is 11.3 Å². The number of hydrogen-bond donors (Lipinski definition) is 1. The number of aliphatic hydroxyl groups is 1. The highest BCUT2D eigenvalue weighted by molar-refractivity contribution is 5.78. The van der Waals surface area contributed by atoms with Crippen LogP contribution < -0.4 is 4.74 Å². The molecule has 2 aliphatic rings. The van der Waals surface area contributed by atoms with Gasteiger partial charge < -0.3 is 19.6 Å². The molecule has 7 heteroatoms. The highest BCUT2D eigenvalue weighted by Gasteiger charge is 2.28. The lowest BCUT2D eigenvalue weighted by Crippen LogP contribution is -2.40. The van der Waals surface area contributed by atoms with Crippen LogP contribution in [0.5, 0.6) is 5.75 Å². The van der Waals surface area contributed by atoms with E-state index in [1.54, 1.807) is 11.1 Å². The number of ether oxygens (including phenoxy) is 1. The highest BCUT2D eigenvalue weighted by Crippen LogP contribution is 2.20. The Bertz CT molecular complexity index is 610. The number of likely N-dealkylation sites (tertiary alicyclic amines) is 2. The number of rotatable bonds is 8. The van der Waals surface area contributed by atoms with Crippen molar-refractivity contribution in [1.29, 1.82) is 0 Å². The van der Waals surface area contributed by atoms with E-state index >= 15 is 0 Å². The standard InChI is InChI=1S/C19H30N4O3/c1-21(2)11-15-10-17(5-7-20-15)26-18-6-9-22(14-18)12-16(24)13-23-8-3-4-19(23)25/h5,7,10,16,18,24H,3-4,6,8-9,11-14H2,1-2H3. The number of pyridine rings is 1. The van der Waals surface area contributed by atoms with Gasteiger partial charge in [-0.15, -0.1) is 0 Å². The van der Waals surface area contributed by atoms with E-state index in [1.807, 2.05) is 26.2 Å². The Balaban J connectivity index is 1.44. The van der Waals surface area contributed by atoms with Crippen LogP contribution in [0.3, 0.4) is 0 Å². The number of hydrogen-bond acceptors (Lipinski definition) is 6. The molecule has 3 heterocycles. The number of aliphatic hydroxyl groups excluding tert-OH is 1. The molecule has 0 spiro atoms. The van der Waals surface area contributed by atoms with Gasteiger partial charge in [0.05, 0.1) is 11.8 Å². The SMILES string of the molecule is CN(C)Cc1cc(OC2CCN(CC(O)CN3CCCC3=O)C2)ccn1. The number of aromatic nitrogens is 1. The van der Waals surface area contributed by atoms with Crippen molar-refractivity contribution in [3.8, 4) is 5.75 Å². The summed E-state index contributed by atoms with van der Waals surface area (Å²) < 4.78 is 6.11. The van der Waals surface area contributed by atoms with Crippen molar-refractivity contribution in [3.05, 3.63) is 24.0 Å². The molecule has 0 aliphatic carbocycles. The summed E-state index contributed by atoms with van der Waals surface area (Å²) in [6.45, 7) is 4.31. The molecule has 1 amide bonds. The summed E-state index contributed by atoms with van der Waals surface area (Å²) in [6.07, 6.45) is 3.90. The average Bonchev–Trinajstić information content (AvgIpc) is 3.16. The van der Waals surface area contributed by atoms with E-state index in [2.05, 4.69) is 14.8 Å². The lowest BCUT2D eigenvalue weighted by molar-refractivity contribution is -0.129. The molecule has 2 saturated heterocycles. The number of β-amino-alcohol motifs (C(OH)–C–C–N with tert-alkyl or cyclic N) is 1. The van der Waals surface area contributed by atoms with Gasteiger partial charge in [-0.05, 0) is 33.0 Å². The smallest absolute Gasteiger partial charge is 0.222 e. The first-order chi connectivity index (χ1) is 12.5. The van der Waals surface area contributed by atoms with E-state index in [0.29, 0.717) is 19.5 Å². The molecule has 2 aliphatic heterocycles. The molecule has 2 atom stereocenters. The molecule has 26 heavy (non-hydrogen) atoms. The number of nitrogens with zero attached hydrogens (tertiary/aromatic N) is 4. The van der Waals surface area contributed by atoms with Crippen LogP contribution in [0.2, 0.25) is 0 Å². The lowest BCUT2D eigenvalue weighted by Gasteiger charge is -2.24. The molecule has 0 bridgehead atoms.